The van der Waals surface area contributed by atoms with Crippen molar-refractivity contribution in [3.63, 3.8) is 0 Å². The molecule has 4 nitrogen and oxygen atoms in total. The number of piperidine rings is 1. The van der Waals surface area contributed by atoms with Crippen LogP contribution in [0, 0.1) is 5.92 Å². The van der Waals surface area contributed by atoms with Crippen LogP contribution >= 0.6 is 11.6 Å². The summed E-state index contributed by atoms with van der Waals surface area (Å²) in [5.41, 5.74) is 3.51. The van der Waals surface area contributed by atoms with Crippen molar-refractivity contribution in [2.24, 2.45) is 5.92 Å². The van der Waals surface area contributed by atoms with Gasteiger partial charge in [-0.15, -0.1) is 0 Å². The van der Waals surface area contributed by atoms with Gasteiger partial charge in [0.15, 0.2) is 0 Å². The van der Waals surface area contributed by atoms with Crippen molar-refractivity contribution in [3.8, 4) is 5.75 Å². The van der Waals surface area contributed by atoms with Crippen molar-refractivity contribution < 1.29 is 9.53 Å². The molecule has 0 radical (unpaired) electrons. The van der Waals surface area contributed by atoms with E-state index in [1.807, 2.05) is 24.3 Å². The molecule has 0 spiro atoms. The van der Waals surface area contributed by atoms with Gasteiger partial charge in [0, 0.05) is 18.1 Å². The number of benzene rings is 2. The van der Waals surface area contributed by atoms with E-state index in [-0.39, 0.29) is 11.8 Å². The second kappa shape index (κ2) is 8.97. The van der Waals surface area contributed by atoms with Crippen LogP contribution in [-0.4, -0.2) is 30.5 Å². The first kappa shape index (κ1) is 19.3. The van der Waals surface area contributed by atoms with Crippen LogP contribution in [0.2, 0.25) is 5.02 Å². The van der Waals surface area contributed by atoms with Gasteiger partial charge < -0.3 is 10.1 Å². The van der Waals surface area contributed by atoms with Gasteiger partial charge in [-0.2, -0.15) is 0 Å². The smallest absolute Gasteiger partial charge is 0.227 e. The number of nitrogens with zero attached hydrogens (tertiary/aromatic N) is 1. The molecule has 0 saturated carbocycles. The summed E-state index contributed by atoms with van der Waals surface area (Å²) < 4.78 is 5.76. The van der Waals surface area contributed by atoms with Gasteiger partial charge in [0.1, 0.15) is 12.4 Å². The minimum atomic E-state index is -0.180. The molecule has 5 heteroatoms. The molecule has 1 fully saturated rings. The highest BCUT2D eigenvalue weighted by Gasteiger charge is 2.26. The van der Waals surface area contributed by atoms with Crippen molar-refractivity contribution in [1.82, 2.24) is 10.2 Å². The molecule has 28 heavy (non-hydrogen) atoms. The first-order chi connectivity index (χ1) is 13.7. The van der Waals surface area contributed by atoms with Crippen molar-refractivity contribution >= 4 is 17.5 Å². The molecule has 2 aromatic carbocycles. The predicted molar refractivity (Wildman–Crippen MR) is 112 cm³/mol. The lowest BCUT2D eigenvalue weighted by atomic mass is 9.96. The van der Waals surface area contributed by atoms with Crippen LogP contribution in [0.3, 0.4) is 0 Å². The molecular weight excluding hydrogens is 372 g/mol. The number of rotatable bonds is 5. The maximum absolute atomic E-state index is 12.7. The Balaban J connectivity index is 1.36. The van der Waals surface area contributed by atoms with E-state index in [9.17, 15) is 4.79 Å². The normalized spacial score (nSPS) is 19.5. The third-order valence-electron chi connectivity index (χ3n) is 5.71. The summed E-state index contributed by atoms with van der Waals surface area (Å²) in [7, 11) is 0. The summed E-state index contributed by atoms with van der Waals surface area (Å²) in [6.45, 7) is 4.27. The zero-order valence-corrected chi connectivity index (χ0v) is 16.9. The average Bonchev–Trinajstić information content (AvgIpc) is 2.73. The van der Waals surface area contributed by atoms with Crippen LogP contribution in [0.4, 0.5) is 0 Å². The monoisotopic (exact) mass is 398 g/mol. The van der Waals surface area contributed by atoms with Crippen LogP contribution in [0.25, 0.3) is 0 Å². The number of hydrogen-bond acceptors (Lipinski definition) is 3. The zero-order valence-electron chi connectivity index (χ0n) is 16.1. The molecule has 1 unspecified atom stereocenters. The number of amides is 1. The first-order valence-corrected chi connectivity index (χ1v) is 10.5. The summed E-state index contributed by atoms with van der Waals surface area (Å²) >= 11 is 6.08. The van der Waals surface area contributed by atoms with Crippen molar-refractivity contribution in [2.45, 2.75) is 38.8 Å². The van der Waals surface area contributed by atoms with E-state index in [4.69, 9.17) is 16.3 Å². The Morgan fingerprint density at radius 2 is 1.89 bits per heavy atom. The topological polar surface area (TPSA) is 41.6 Å². The van der Waals surface area contributed by atoms with E-state index in [0.29, 0.717) is 24.6 Å². The summed E-state index contributed by atoms with van der Waals surface area (Å²) in [6, 6.07) is 14.0. The van der Waals surface area contributed by atoms with Gasteiger partial charge >= 0.3 is 0 Å². The summed E-state index contributed by atoms with van der Waals surface area (Å²) in [6.07, 6.45) is 4.57. The zero-order chi connectivity index (χ0) is 19.3. The van der Waals surface area contributed by atoms with E-state index in [2.05, 4.69) is 28.4 Å². The molecule has 148 valence electrons. The van der Waals surface area contributed by atoms with Crippen LogP contribution in [-0.2, 0) is 24.3 Å². The number of carbonyl (C=O) groups is 1. The summed E-state index contributed by atoms with van der Waals surface area (Å²) in [5, 5.41) is 3.80. The fourth-order valence-corrected chi connectivity index (χ4v) is 4.30. The third-order valence-corrected chi connectivity index (χ3v) is 5.95. The molecule has 1 amide bonds. The molecule has 2 aliphatic heterocycles. The molecule has 1 saturated heterocycles. The van der Waals surface area contributed by atoms with Gasteiger partial charge in [0.25, 0.3) is 0 Å². The van der Waals surface area contributed by atoms with Crippen molar-refractivity contribution in [1.29, 1.82) is 0 Å². The maximum atomic E-state index is 12.7. The molecule has 0 aliphatic carbocycles. The van der Waals surface area contributed by atoms with Crippen LogP contribution < -0.4 is 10.1 Å². The number of halogens is 1. The van der Waals surface area contributed by atoms with E-state index in [1.165, 1.54) is 43.5 Å². The van der Waals surface area contributed by atoms with Crippen molar-refractivity contribution in [2.75, 3.05) is 19.7 Å². The number of fused-ring (bicyclic) bond motifs is 1. The van der Waals surface area contributed by atoms with Crippen LogP contribution in [0.1, 0.15) is 36.0 Å². The van der Waals surface area contributed by atoms with Crippen molar-refractivity contribution in [3.05, 3.63) is 64.2 Å². The highest BCUT2D eigenvalue weighted by molar-refractivity contribution is 6.30. The first-order valence-electron chi connectivity index (χ1n) is 10.2. The van der Waals surface area contributed by atoms with Gasteiger partial charge in [-0.05, 0) is 67.2 Å². The lowest BCUT2D eigenvalue weighted by Gasteiger charge is -2.27. The molecular formula is C23H27ClN2O2. The van der Waals surface area contributed by atoms with Gasteiger partial charge in [-0.3, -0.25) is 9.69 Å². The lowest BCUT2D eigenvalue weighted by molar-refractivity contribution is -0.126. The highest BCUT2D eigenvalue weighted by atomic mass is 35.5. The molecule has 0 bridgehead atoms. The average molecular weight is 399 g/mol. The summed E-state index contributed by atoms with van der Waals surface area (Å²) in [5.74, 6) is 0.693. The Morgan fingerprint density at radius 3 is 2.71 bits per heavy atom. The van der Waals surface area contributed by atoms with E-state index in [1.54, 1.807) is 0 Å². The number of carbonyl (C=O) groups excluding carboxylic acids is 1. The predicted octanol–water partition coefficient (Wildman–Crippen LogP) is 4.19. The number of ether oxygens (including phenoxy) is 1. The molecule has 1 N–H and O–H groups in total. The minimum Gasteiger partial charge on any atom is -0.492 e. The Kier molecular flexibility index (Phi) is 6.18. The Morgan fingerprint density at radius 1 is 1.11 bits per heavy atom. The molecule has 2 aliphatic rings. The van der Waals surface area contributed by atoms with E-state index >= 15 is 0 Å². The number of likely N-dealkylation sites (tertiary alicyclic amines) is 1. The summed E-state index contributed by atoms with van der Waals surface area (Å²) in [4.78, 5) is 15.2. The van der Waals surface area contributed by atoms with Gasteiger partial charge in [-0.25, -0.2) is 0 Å². The van der Waals surface area contributed by atoms with Gasteiger partial charge in [0.2, 0.25) is 5.91 Å². The molecule has 2 aromatic rings. The molecule has 0 aromatic heterocycles. The van der Waals surface area contributed by atoms with Crippen LogP contribution in [0.5, 0.6) is 5.75 Å². The third kappa shape index (κ3) is 4.68. The van der Waals surface area contributed by atoms with E-state index in [0.717, 1.165) is 17.9 Å². The van der Waals surface area contributed by atoms with Gasteiger partial charge in [-0.1, -0.05) is 42.3 Å². The standard InChI is InChI=1S/C23H27ClN2O2/c24-21-8-9-22-19(13-21)12-20(16-28-22)23(27)25-14-17-6-2-3-7-18(17)15-26-10-4-1-5-11-26/h2-3,6-9,13,20H,1,4-5,10-12,14-16H2,(H,25,27). The van der Waals surface area contributed by atoms with Gasteiger partial charge in [0.05, 0.1) is 5.92 Å². The molecule has 4 rings (SSSR count). The van der Waals surface area contributed by atoms with Crippen LogP contribution in [0.15, 0.2) is 42.5 Å². The number of nitrogens with one attached hydrogen (secondary N) is 1. The second-order valence-electron chi connectivity index (χ2n) is 7.79. The fraction of sp³-hybridized carbons (Fsp3) is 0.435. The quantitative estimate of drug-likeness (QED) is 0.820. The fourth-order valence-electron chi connectivity index (χ4n) is 4.10. The Hall–Kier alpha value is -2.04. The lowest BCUT2D eigenvalue weighted by Crippen LogP contribution is -2.37. The molecule has 2 heterocycles. The second-order valence-corrected chi connectivity index (χ2v) is 8.22. The molecule has 1 atom stereocenters. The Bertz CT molecular complexity index is 833. The SMILES string of the molecule is O=C(NCc1ccccc1CN1CCCCC1)C1COc2ccc(Cl)cc2C1. The maximum Gasteiger partial charge on any atom is 0.227 e. The highest BCUT2D eigenvalue weighted by Crippen LogP contribution is 2.30. The minimum absolute atomic E-state index is 0.0402. The number of hydrogen-bond donors (Lipinski definition) is 1. The largest absolute Gasteiger partial charge is 0.492 e. The van der Waals surface area contributed by atoms with E-state index < -0.39 is 0 Å². The Labute approximate surface area is 171 Å².